The molecule has 0 radical (unpaired) electrons. The zero-order chi connectivity index (χ0) is 17.5. The summed E-state index contributed by atoms with van der Waals surface area (Å²) in [6.07, 6.45) is 0. The maximum Gasteiger partial charge on any atom is 0.193 e. The van der Waals surface area contributed by atoms with Crippen LogP contribution in [0.2, 0.25) is 0 Å². The van der Waals surface area contributed by atoms with Gasteiger partial charge in [-0.05, 0) is 61.7 Å². The second-order valence-corrected chi connectivity index (χ2v) is 5.62. The number of guanidine groups is 1. The van der Waals surface area contributed by atoms with Crippen LogP contribution in [0.4, 0.5) is 5.69 Å². The van der Waals surface area contributed by atoms with Gasteiger partial charge in [0.05, 0.1) is 20.3 Å². The molecule has 0 bridgehead atoms. The fourth-order valence-electron chi connectivity index (χ4n) is 2.50. The number of nitrogens with one attached hydrogen (secondary N) is 1. The van der Waals surface area contributed by atoms with Crippen molar-refractivity contribution in [2.75, 3.05) is 19.0 Å². The van der Waals surface area contributed by atoms with Crippen LogP contribution in [0, 0.1) is 13.8 Å². The third-order valence-corrected chi connectivity index (χ3v) is 3.45. The number of aliphatic imine (C=N–C) groups is 1. The van der Waals surface area contributed by atoms with Crippen molar-refractivity contribution in [3.63, 3.8) is 0 Å². The Morgan fingerprint density at radius 2 is 1.79 bits per heavy atom. The smallest absolute Gasteiger partial charge is 0.193 e. The molecular formula is C19H25N3O2. The van der Waals surface area contributed by atoms with Crippen LogP contribution in [-0.4, -0.2) is 19.7 Å². The SMILES string of the molecule is CCOc1cc(CN=C(N)Nc2cc(C)cc(C)c2)ccc1OC. The molecule has 0 saturated carbocycles. The average molecular weight is 327 g/mol. The molecule has 5 heteroatoms. The molecule has 0 aliphatic rings. The van der Waals surface area contributed by atoms with Crippen molar-refractivity contribution in [1.82, 2.24) is 0 Å². The molecule has 0 aromatic heterocycles. The van der Waals surface area contributed by atoms with E-state index in [1.807, 2.05) is 37.3 Å². The number of hydrogen-bond donors (Lipinski definition) is 2. The zero-order valence-corrected chi connectivity index (χ0v) is 14.7. The van der Waals surface area contributed by atoms with Crippen LogP contribution in [0.15, 0.2) is 41.4 Å². The van der Waals surface area contributed by atoms with Crippen LogP contribution in [0.3, 0.4) is 0 Å². The lowest BCUT2D eigenvalue weighted by Gasteiger charge is -2.11. The molecule has 0 saturated heterocycles. The van der Waals surface area contributed by atoms with E-state index in [4.69, 9.17) is 15.2 Å². The number of hydrogen-bond acceptors (Lipinski definition) is 3. The molecule has 2 rings (SSSR count). The number of rotatable bonds is 6. The van der Waals surface area contributed by atoms with Gasteiger partial charge in [0.1, 0.15) is 0 Å². The first-order chi connectivity index (χ1) is 11.5. The van der Waals surface area contributed by atoms with E-state index < -0.39 is 0 Å². The molecule has 0 fully saturated rings. The van der Waals surface area contributed by atoms with Gasteiger partial charge in [0.2, 0.25) is 0 Å². The number of ether oxygens (including phenoxy) is 2. The van der Waals surface area contributed by atoms with Gasteiger partial charge in [-0.15, -0.1) is 0 Å². The Hall–Kier alpha value is -2.69. The van der Waals surface area contributed by atoms with Gasteiger partial charge < -0.3 is 20.5 Å². The summed E-state index contributed by atoms with van der Waals surface area (Å²) in [5.74, 6) is 1.81. The van der Waals surface area contributed by atoms with Crippen molar-refractivity contribution in [1.29, 1.82) is 0 Å². The second-order valence-electron chi connectivity index (χ2n) is 5.62. The summed E-state index contributed by atoms with van der Waals surface area (Å²) in [6, 6.07) is 11.9. The fraction of sp³-hybridized carbons (Fsp3) is 0.316. The van der Waals surface area contributed by atoms with Gasteiger partial charge in [-0.2, -0.15) is 0 Å². The predicted octanol–water partition coefficient (Wildman–Crippen LogP) is 3.64. The average Bonchev–Trinajstić information content (AvgIpc) is 2.52. The highest BCUT2D eigenvalue weighted by atomic mass is 16.5. The molecule has 0 atom stereocenters. The molecule has 0 unspecified atom stereocenters. The first kappa shape index (κ1) is 17.7. The molecule has 3 N–H and O–H groups in total. The summed E-state index contributed by atoms with van der Waals surface area (Å²) in [5.41, 5.74) is 10.3. The summed E-state index contributed by atoms with van der Waals surface area (Å²) in [5, 5.41) is 3.13. The van der Waals surface area contributed by atoms with Crippen molar-refractivity contribution in [3.8, 4) is 11.5 Å². The highest BCUT2D eigenvalue weighted by molar-refractivity contribution is 5.92. The number of anilines is 1. The highest BCUT2D eigenvalue weighted by Crippen LogP contribution is 2.28. The van der Waals surface area contributed by atoms with Crippen LogP contribution in [0.1, 0.15) is 23.6 Å². The van der Waals surface area contributed by atoms with Crippen molar-refractivity contribution in [3.05, 3.63) is 53.1 Å². The number of benzene rings is 2. The molecule has 0 amide bonds. The topological polar surface area (TPSA) is 68.9 Å². The molecule has 0 aliphatic heterocycles. The van der Waals surface area contributed by atoms with Gasteiger partial charge in [-0.25, -0.2) is 4.99 Å². The zero-order valence-electron chi connectivity index (χ0n) is 14.7. The summed E-state index contributed by atoms with van der Waals surface area (Å²) < 4.78 is 10.9. The Kier molecular flexibility index (Phi) is 6.07. The number of methoxy groups -OCH3 is 1. The van der Waals surface area contributed by atoms with Gasteiger partial charge in [-0.3, -0.25) is 0 Å². The lowest BCUT2D eigenvalue weighted by atomic mass is 10.1. The maximum atomic E-state index is 5.99. The highest BCUT2D eigenvalue weighted by Gasteiger charge is 2.05. The van der Waals surface area contributed by atoms with Crippen molar-refractivity contribution in [2.45, 2.75) is 27.3 Å². The molecule has 0 heterocycles. The molecule has 2 aromatic carbocycles. The second kappa shape index (κ2) is 8.24. The van der Waals surface area contributed by atoms with Gasteiger partial charge in [0.25, 0.3) is 0 Å². The monoisotopic (exact) mass is 327 g/mol. The van der Waals surface area contributed by atoms with Crippen LogP contribution in [-0.2, 0) is 6.54 Å². The maximum absolute atomic E-state index is 5.99. The van der Waals surface area contributed by atoms with Gasteiger partial charge in [0, 0.05) is 5.69 Å². The van der Waals surface area contributed by atoms with E-state index in [-0.39, 0.29) is 0 Å². The van der Waals surface area contributed by atoms with E-state index in [1.165, 1.54) is 11.1 Å². The van der Waals surface area contributed by atoms with E-state index >= 15 is 0 Å². The Morgan fingerprint density at radius 1 is 1.08 bits per heavy atom. The van der Waals surface area contributed by atoms with Crippen molar-refractivity contribution < 1.29 is 9.47 Å². The van der Waals surface area contributed by atoms with Gasteiger partial charge in [-0.1, -0.05) is 12.1 Å². The fourth-order valence-corrected chi connectivity index (χ4v) is 2.50. The van der Waals surface area contributed by atoms with E-state index in [9.17, 15) is 0 Å². The van der Waals surface area contributed by atoms with Gasteiger partial charge in [0.15, 0.2) is 17.5 Å². The summed E-state index contributed by atoms with van der Waals surface area (Å²) in [4.78, 5) is 4.39. The van der Waals surface area contributed by atoms with Gasteiger partial charge >= 0.3 is 0 Å². The quantitative estimate of drug-likeness (QED) is 0.628. The molecule has 128 valence electrons. The lowest BCUT2D eigenvalue weighted by Crippen LogP contribution is -2.22. The largest absolute Gasteiger partial charge is 0.493 e. The number of aryl methyl sites for hydroxylation is 2. The Morgan fingerprint density at radius 3 is 2.42 bits per heavy atom. The first-order valence-electron chi connectivity index (χ1n) is 7.96. The molecule has 0 aliphatic carbocycles. The van der Waals surface area contributed by atoms with E-state index in [2.05, 4.69) is 30.2 Å². The Bertz CT molecular complexity index is 706. The standard InChI is InChI=1S/C19H25N3O2/c1-5-24-18-11-15(6-7-17(18)23-4)12-21-19(20)22-16-9-13(2)8-14(3)10-16/h6-11H,5,12H2,1-4H3,(H3,20,21,22). The van der Waals surface area contributed by atoms with Crippen LogP contribution in [0.5, 0.6) is 11.5 Å². The minimum atomic E-state index is 0.383. The minimum Gasteiger partial charge on any atom is -0.493 e. The summed E-state index contributed by atoms with van der Waals surface area (Å²) in [6.45, 7) is 7.10. The van der Waals surface area contributed by atoms with E-state index in [0.717, 1.165) is 11.3 Å². The molecule has 2 aromatic rings. The lowest BCUT2D eigenvalue weighted by molar-refractivity contribution is 0.310. The molecule has 24 heavy (non-hydrogen) atoms. The van der Waals surface area contributed by atoms with E-state index in [0.29, 0.717) is 30.6 Å². The van der Waals surface area contributed by atoms with Crippen molar-refractivity contribution in [2.24, 2.45) is 10.7 Å². The summed E-state index contributed by atoms with van der Waals surface area (Å²) in [7, 11) is 1.63. The molecule has 0 spiro atoms. The number of nitrogens with zero attached hydrogens (tertiary/aromatic N) is 1. The summed E-state index contributed by atoms with van der Waals surface area (Å²) >= 11 is 0. The first-order valence-corrected chi connectivity index (χ1v) is 7.96. The third kappa shape index (κ3) is 4.91. The third-order valence-electron chi connectivity index (χ3n) is 3.45. The predicted molar refractivity (Wildman–Crippen MR) is 99.0 cm³/mol. The van der Waals surface area contributed by atoms with E-state index in [1.54, 1.807) is 7.11 Å². The minimum absolute atomic E-state index is 0.383. The number of nitrogens with two attached hydrogens (primary N) is 1. The van der Waals surface area contributed by atoms with Crippen LogP contribution < -0.4 is 20.5 Å². The van der Waals surface area contributed by atoms with Crippen LogP contribution >= 0.6 is 0 Å². The normalized spacial score (nSPS) is 11.2. The molecule has 5 nitrogen and oxygen atoms in total. The van der Waals surface area contributed by atoms with Crippen molar-refractivity contribution >= 4 is 11.6 Å². The van der Waals surface area contributed by atoms with Crippen LogP contribution in [0.25, 0.3) is 0 Å². The molecular weight excluding hydrogens is 302 g/mol. The Balaban J connectivity index is 2.07. The Labute approximate surface area is 143 Å².